The van der Waals surface area contributed by atoms with Gasteiger partial charge in [0.25, 0.3) is 0 Å². The molecule has 0 spiro atoms. The van der Waals surface area contributed by atoms with E-state index in [4.69, 9.17) is 28.7 Å². The second-order valence-corrected chi connectivity index (χ2v) is 9.61. The van der Waals surface area contributed by atoms with Gasteiger partial charge in [0, 0.05) is 23.2 Å². The van der Waals surface area contributed by atoms with Gasteiger partial charge in [-0.3, -0.25) is 14.6 Å². The fourth-order valence-electron chi connectivity index (χ4n) is 5.73. The largest absolute Gasteiger partial charge is 0.497 e. The number of methoxy groups -OCH3 is 3. The van der Waals surface area contributed by atoms with Crippen LogP contribution in [0, 0.1) is 11.8 Å². The highest BCUT2D eigenvalue weighted by Crippen LogP contribution is 2.49. The molecule has 2 aliphatic rings. The molecule has 1 heterocycles. The highest BCUT2D eigenvalue weighted by molar-refractivity contribution is 6.17. The Morgan fingerprint density at radius 2 is 1.50 bits per heavy atom. The molecule has 0 saturated heterocycles. The van der Waals surface area contributed by atoms with Crippen LogP contribution in [0.15, 0.2) is 58.7 Å². The zero-order chi connectivity index (χ0) is 29.0. The van der Waals surface area contributed by atoms with E-state index >= 15 is 0 Å². The van der Waals surface area contributed by atoms with Crippen molar-refractivity contribution in [2.24, 2.45) is 16.8 Å². The van der Waals surface area contributed by atoms with Crippen LogP contribution in [0.2, 0.25) is 0 Å². The van der Waals surface area contributed by atoms with Crippen LogP contribution in [0.5, 0.6) is 17.2 Å². The summed E-state index contributed by atoms with van der Waals surface area (Å²) in [6, 6.07) is 12.6. The first-order valence-electron chi connectivity index (χ1n) is 13.3. The molecule has 2 aromatic rings. The average molecular weight is 550 g/mol. The Hall–Kier alpha value is -4.14. The Morgan fingerprint density at radius 3 is 2.10 bits per heavy atom. The summed E-state index contributed by atoms with van der Waals surface area (Å²) in [7, 11) is 4.63. The number of benzene rings is 2. The number of Topliss-reactive ketones (excluding diaryl/α,β-unsaturated/α-hetero) is 1. The van der Waals surface area contributed by atoms with Crippen molar-refractivity contribution in [2.45, 2.75) is 39.0 Å². The molecular weight excluding hydrogens is 514 g/mol. The van der Waals surface area contributed by atoms with Gasteiger partial charge in [-0.2, -0.15) is 0 Å². The van der Waals surface area contributed by atoms with E-state index in [1.54, 1.807) is 58.2 Å². The maximum absolute atomic E-state index is 14.4. The molecule has 9 heteroatoms. The van der Waals surface area contributed by atoms with E-state index in [0.29, 0.717) is 40.6 Å². The first-order chi connectivity index (χ1) is 19.3. The van der Waals surface area contributed by atoms with Crippen LogP contribution in [0.4, 0.5) is 0 Å². The summed E-state index contributed by atoms with van der Waals surface area (Å²) in [5, 5.41) is 0. The number of hydrogen-bond acceptors (Lipinski definition) is 9. The maximum Gasteiger partial charge on any atom is 0.336 e. The Labute approximate surface area is 234 Å². The van der Waals surface area contributed by atoms with E-state index in [1.807, 2.05) is 12.1 Å². The predicted molar refractivity (Wildman–Crippen MR) is 148 cm³/mol. The molecule has 40 heavy (non-hydrogen) atoms. The fourth-order valence-corrected chi connectivity index (χ4v) is 5.73. The van der Waals surface area contributed by atoms with Crippen LogP contribution in [0.3, 0.4) is 0 Å². The molecule has 212 valence electrons. The van der Waals surface area contributed by atoms with Crippen LogP contribution in [0.1, 0.15) is 50.2 Å². The number of esters is 2. The van der Waals surface area contributed by atoms with Crippen LogP contribution in [-0.4, -0.2) is 58.0 Å². The standard InChI is InChI=1S/C31H35NO8/c1-7-39-30(34)25-17(3)32-22-16-21(18-9-12-20(36-4)13-10-18)27(31(35)40-8-2)29(33)28(22)26(25)19-11-14-23(37-5)24(15-19)38-6/h9-15,21,26-28H,7-8,16H2,1-6H3/t21-,26+,27+,28?/m0/s1. The predicted octanol–water partition coefficient (Wildman–Crippen LogP) is 4.64. The first-order valence-corrected chi connectivity index (χ1v) is 13.3. The van der Waals surface area contributed by atoms with E-state index in [1.165, 1.54) is 14.2 Å². The summed E-state index contributed by atoms with van der Waals surface area (Å²) in [4.78, 5) is 45.9. The summed E-state index contributed by atoms with van der Waals surface area (Å²) in [6.45, 7) is 5.47. The highest BCUT2D eigenvalue weighted by Gasteiger charge is 2.53. The molecule has 0 aromatic heterocycles. The third-order valence-corrected chi connectivity index (χ3v) is 7.50. The lowest BCUT2D eigenvalue weighted by Gasteiger charge is -2.41. The van der Waals surface area contributed by atoms with Gasteiger partial charge < -0.3 is 23.7 Å². The monoisotopic (exact) mass is 549 g/mol. The smallest absolute Gasteiger partial charge is 0.336 e. The van der Waals surface area contributed by atoms with Crippen LogP contribution < -0.4 is 14.2 Å². The lowest BCUT2D eigenvalue weighted by atomic mass is 9.62. The van der Waals surface area contributed by atoms with Gasteiger partial charge in [0.2, 0.25) is 0 Å². The zero-order valence-corrected chi connectivity index (χ0v) is 23.7. The Morgan fingerprint density at radius 1 is 0.850 bits per heavy atom. The minimum absolute atomic E-state index is 0.135. The molecule has 4 atom stereocenters. The van der Waals surface area contributed by atoms with Crippen molar-refractivity contribution in [1.82, 2.24) is 0 Å². The number of fused-ring (bicyclic) bond motifs is 1. The molecule has 1 saturated carbocycles. The number of ether oxygens (including phenoxy) is 5. The summed E-state index contributed by atoms with van der Waals surface area (Å²) >= 11 is 0. The zero-order valence-electron chi connectivity index (χ0n) is 23.7. The molecule has 1 fully saturated rings. The molecule has 1 aliphatic heterocycles. The van der Waals surface area contributed by atoms with E-state index < -0.39 is 35.6 Å². The number of nitrogens with zero attached hydrogens (tertiary/aromatic N) is 1. The van der Waals surface area contributed by atoms with Gasteiger partial charge in [0.1, 0.15) is 11.7 Å². The summed E-state index contributed by atoms with van der Waals surface area (Å²) in [5.41, 5.74) is 2.81. The summed E-state index contributed by atoms with van der Waals surface area (Å²) in [6.07, 6.45) is 0.337. The Balaban J connectivity index is 1.90. The molecule has 0 N–H and O–H groups in total. The molecule has 1 aliphatic carbocycles. The topological polar surface area (TPSA) is 110 Å². The molecule has 2 aromatic carbocycles. The third kappa shape index (κ3) is 5.33. The maximum atomic E-state index is 14.4. The number of hydrogen-bond donors (Lipinski definition) is 0. The highest BCUT2D eigenvalue weighted by atomic mass is 16.5. The molecule has 9 nitrogen and oxygen atoms in total. The van der Waals surface area contributed by atoms with Crippen molar-refractivity contribution < 1.29 is 38.1 Å². The number of ketones is 1. The van der Waals surface area contributed by atoms with Crippen molar-refractivity contribution in [3.05, 3.63) is 64.9 Å². The van der Waals surface area contributed by atoms with Gasteiger partial charge in [-0.25, -0.2) is 4.79 Å². The molecular formula is C31H35NO8. The van der Waals surface area contributed by atoms with Crippen molar-refractivity contribution in [3.8, 4) is 17.2 Å². The van der Waals surface area contributed by atoms with Crippen molar-refractivity contribution in [2.75, 3.05) is 34.5 Å². The second-order valence-electron chi connectivity index (χ2n) is 9.61. The summed E-state index contributed by atoms with van der Waals surface area (Å²) in [5.74, 6) is -3.06. The number of carbonyl (C=O) groups excluding carboxylic acids is 3. The number of aliphatic imine (C=N–C) groups is 1. The lowest BCUT2D eigenvalue weighted by Crippen LogP contribution is -2.48. The number of rotatable bonds is 9. The average Bonchev–Trinajstić information content (AvgIpc) is 2.96. The molecule has 0 radical (unpaired) electrons. The molecule has 0 amide bonds. The van der Waals surface area contributed by atoms with Gasteiger partial charge in [0.05, 0.1) is 46.0 Å². The van der Waals surface area contributed by atoms with Gasteiger partial charge >= 0.3 is 11.9 Å². The van der Waals surface area contributed by atoms with Gasteiger partial charge in [-0.05, 0) is 62.6 Å². The molecule has 1 unspecified atom stereocenters. The second kappa shape index (κ2) is 12.4. The molecule has 0 bridgehead atoms. The van der Waals surface area contributed by atoms with Crippen molar-refractivity contribution >= 4 is 23.4 Å². The van der Waals surface area contributed by atoms with Crippen LogP contribution in [-0.2, 0) is 23.9 Å². The Kier molecular flexibility index (Phi) is 8.92. The first kappa shape index (κ1) is 28.9. The third-order valence-electron chi connectivity index (χ3n) is 7.50. The minimum atomic E-state index is -1.08. The summed E-state index contributed by atoms with van der Waals surface area (Å²) < 4.78 is 27.0. The SMILES string of the molecule is CCOC(=O)C1=C(C)N=C2C[C@@H](c3ccc(OC)cc3)[C@@H](C(=O)OCC)C(=O)C2[C@@H]1c1ccc(OC)c(OC)c1. The van der Waals surface area contributed by atoms with Crippen molar-refractivity contribution in [1.29, 1.82) is 0 Å². The van der Waals surface area contributed by atoms with Crippen LogP contribution in [0.25, 0.3) is 0 Å². The molecule has 4 rings (SSSR count). The lowest BCUT2D eigenvalue weighted by molar-refractivity contribution is -0.153. The van der Waals surface area contributed by atoms with Crippen molar-refractivity contribution in [3.63, 3.8) is 0 Å². The van der Waals surface area contributed by atoms with Gasteiger partial charge in [-0.15, -0.1) is 0 Å². The Bertz CT molecular complexity index is 1340. The van der Waals surface area contributed by atoms with Crippen LogP contribution >= 0.6 is 0 Å². The number of allylic oxidation sites excluding steroid dienone is 1. The van der Waals surface area contributed by atoms with Gasteiger partial charge in [-0.1, -0.05) is 18.2 Å². The normalized spacial score (nSPS) is 22.1. The van der Waals surface area contributed by atoms with E-state index in [-0.39, 0.29) is 24.6 Å². The fraction of sp³-hybridized carbons (Fsp3) is 0.419. The van der Waals surface area contributed by atoms with E-state index in [2.05, 4.69) is 0 Å². The quantitative estimate of drug-likeness (QED) is 0.329. The minimum Gasteiger partial charge on any atom is -0.497 e. The number of carbonyl (C=O) groups is 3. The van der Waals surface area contributed by atoms with E-state index in [9.17, 15) is 14.4 Å². The van der Waals surface area contributed by atoms with Gasteiger partial charge in [0.15, 0.2) is 17.3 Å². The van der Waals surface area contributed by atoms with E-state index in [0.717, 1.165) is 5.56 Å².